The molecule has 1 aromatic rings. The van der Waals surface area contributed by atoms with E-state index in [0.29, 0.717) is 18.7 Å². The predicted molar refractivity (Wildman–Crippen MR) is 67.7 cm³/mol. The van der Waals surface area contributed by atoms with E-state index in [1.807, 2.05) is 0 Å². The number of carbonyl (C=O) groups is 1. The first-order valence-corrected chi connectivity index (χ1v) is 6.01. The molecule has 0 saturated carbocycles. The zero-order valence-corrected chi connectivity index (χ0v) is 10.3. The first kappa shape index (κ1) is 12.9. The molecule has 1 amide bonds. The predicted octanol–water partition coefficient (Wildman–Crippen LogP) is 0.00530. The van der Waals surface area contributed by atoms with Crippen molar-refractivity contribution in [1.29, 1.82) is 0 Å². The Labute approximate surface area is 106 Å². The second-order valence-corrected chi connectivity index (χ2v) is 4.42. The van der Waals surface area contributed by atoms with Crippen molar-refractivity contribution in [3.63, 3.8) is 0 Å². The molecule has 3 N–H and O–H groups in total. The smallest absolute Gasteiger partial charge is 0.251 e. The molecule has 0 aliphatic carbocycles. The van der Waals surface area contributed by atoms with Crippen LogP contribution in [0.15, 0.2) is 24.3 Å². The number of methoxy groups -OCH3 is 1. The zero-order chi connectivity index (χ0) is 13.0. The molecule has 1 fully saturated rings. The van der Waals surface area contributed by atoms with Gasteiger partial charge in [0, 0.05) is 31.1 Å². The third kappa shape index (κ3) is 3.00. The van der Waals surface area contributed by atoms with Crippen molar-refractivity contribution in [3.8, 4) is 5.75 Å². The molecule has 0 radical (unpaired) electrons. The number of benzene rings is 1. The van der Waals surface area contributed by atoms with Gasteiger partial charge in [-0.1, -0.05) is 0 Å². The molecule has 98 valence electrons. The first-order valence-electron chi connectivity index (χ1n) is 6.01. The zero-order valence-electron chi connectivity index (χ0n) is 10.3. The molecule has 0 bridgehead atoms. The number of hydrogen-bond donors (Lipinski definition) is 3. The highest BCUT2D eigenvalue weighted by molar-refractivity contribution is 5.94. The van der Waals surface area contributed by atoms with E-state index < -0.39 is 0 Å². The van der Waals surface area contributed by atoms with Gasteiger partial charge in [0.05, 0.1) is 13.2 Å². The van der Waals surface area contributed by atoms with Crippen molar-refractivity contribution in [2.24, 2.45) is 5.92 Å². The fourth-order valence-electron chi connectivity index (χ4n) is 2.00. The third-order valence-electron chi connectivity index (χ3n) is 3.18. The van der Waals surface area contributed by atoms with Crippen molar-refractivity contribution < 1.29 is 14.6 Å². The van der Waals surface area contributed by atoms with Crippen LogP contribution < -0.4 is 15.4 Å². The lowest BCUT2D eigenvalue weighted by Gasteiger charge is -2.14. The summed E-state index contributed by atoms with van der Waals surface area (Å²) in [6.45, 7) is 1.83. The van der Waals surface area contributed by atoms with Crippen molar-refractivity contribution in [1.82, 2.24) is 10.6 Å². The van der Waals surface area contributed by atoms with E-state index in [1.165, 1.54) is 0 Å². The highest BCUT2D eigenvalue weighted by Gasteiger charge is 2.25. The maximum atomic E-state index is 11.9. The number of hydrogen-bond acceptors (Lipinski definition) is 4. The van der Waals surface area contributed by atoms with Crippen LogP contribution >= 0.6 is 0 Å². The molecule has 2 atom stereocenters. The minimum Gasteiger partial charge on any atom is -0.497 e. The van der Waals surface area contributed by atoms with Gasteiger partial charge < -0.3 is 20.5 Å². The summed E-state index contributed by atoms with van der Waals surface area (Å²) in [5.74, 6) is 0.686. The molecule has 5 heteroatoms. The van der Waals surface area contributed by atoms with Crippen LogP contribution in [0.2, 0.25) is 0 Å². The summed E-state index contributed by atoms with van der Waals surface area (Å²) in [4.78, 5) is 11.9. The molecular weight excluding hydrogens is 232 g/mol. The molecule has 1 saturated heterocycles. The second-order valence-electron chi connectivity index (χ2n) is 4.42. The largest absolute Gasteiger partial charge is 0.497 e. The first-order chi connectivity index (χ1) is 8.70. The van der Waals surface area contributed by atoms with Gasteiger partial charge in [-0.3, -0.25) is 4.79 Å². The van der Waals surface area contributed by atoms with Crippen molar-refractivity contribution in [2.45, 2.75) is 6.10 Å². The van der Waals surface area contributed by atoms with Gasteiger partial charge in [-0.05, 0) is 24.3 Å². The Morgan fingerprint density at radius 3 is 2.72 bits per heavy atom. The summed E-state index contributed by atoms with van der Waals surface area (Å²) in [5.41, 5.74) is 0.594. The topological polar surface area (TPSA) is 70.6 Å². The molecule has 2 rings (SSSR count). The lowest BCUT2D eigenvalue weighted by molar-refractivity contribution is 0.0927. The monoisotopic (exact) mass is 250 g/mol. The molecule has 0 aromatic heterocycles. The second kappa shape index (κ2) is 5.84. The number of β-amino-alcohol motifs (C(OH)–C–C–N with tert-alkyl or cyclic N) is 1. The van der Waals surface area contributed by atoms with E-state index in [4.69, 9.17) is 4.74 Å². The number of nitrogens with one attached hydrogen (secondary N) is 2. The van der Waals surface area contributed by atoms with E-state index in [-0.39, 0.29) is 17.9 Å². The number of aliphatic hydroxyl groups is 1. The Balaban J connectivity index is 1.87. The molecular formula is C13H18N2O3. The average Bonchev–Trinajstić information content (AvgIpc) is 2.81. The summed E-state index contributed by atoms with van der Waals surface area (Å²) in [6, 6.07) is 6.94. The van der Waals surface area contributed by atoms with Gasteiger partial charge in [-0.15, -0.1) is 0 Å². The van der Waals surface area contributed by atoms with Gasteiger partial charge >= 0.3 is 0 Å². The molecule has 18 heavy (non-hydrogen) atoms. The molecule has 1 heterocycles. The third-order valence-corrected chi connectivity index (χ3v) is 3.18. The number of carbonyl (C=O) groups excluding carboxylic acids is 1. The van der Waals surface area contributed by atoms with E-state index in [9.17, 15) is 9.90 Å². The van der Waals surface area contributed by atoms with Gasteiger partial charge in [-0.25, -0.2) is 0 Å². The summed E-state index contributed by atoms with van der Waals surface area (Å²) < 4.78 is 5.03. The quantitative estimate of drug-likeness (QED) is 0.704. The van der Waals surface area contributed by atoms with E-state index >= 15 is 0 Å². The number of rotatable bonds is 4. The summed E-state index contributed by atoms with van der Waals surface area (Å²) >= 11 is 0. The maximum absolute atomic E-state index is 11.9. The minimum atomic E-state index is -0.374. The normalized spacial score (nSPS) is 22.8. The van der Waals surface area contributed by atoms with Gasteiger partial charge in [0.25, 0.3) is 5.91 Å². The Morgan fingerprint density at radius 1 is 1.44 bits per heavy atom. The molecule has 1 aliphatic rings. The minimum absolute atomic E-state index is 0.0900. The molecule has 1 aromatic carbocycles. The fraction of sp³-hybridized carbons (Fsp3) is 0.462. The lowest BCUT2D eigenvalue weighted by Crippen LogP contribution is -2.34. The lowest BCUT2D eigenvalue weighted by atomic mass is 10.1. The highest BCUT2D eigenvalue weighted by atomic mass is 16.5. The summed E-state index contributed by atoms with van der Waals surface area (Å²) in [7, 11) is 1.59. The van der Waals surface area contributed by atoms with Crippen molar-refractivity contribution >= 4 is 5.91 Å². The van der Waals surface area contributed by atoms with Gasteiger partial charge in [0.1, 0.15) is 5.75 Å². The SMILES string of the molecule is COc1ccc(C(=O)NCC2CNCC2O)cc1. The molecule has 1 aliphatic heterocycles. The number of amides is 1. The Bertz CT molecular complexity index is 405. The van der Waals surface area contributed by atoms with Crippen molar-refractivity contribution in [3.05, 3.63) is 29.8 Å². The van der Waals surface area contributed by atoms with E-state index in [1.54, 1.807) is 31.4 Å². The molecule has 0 spiro atoms. The van der Waals surface area contributed by atoms with Gasteiger partial charge in [-0.2, -0.15) is 0 Å². The summed E-state index contributed by atoms with van der Waals surface area (Å²) in [6.07, 6.45) is -0.374. The van der Waals surface area contributed by atoms with Gasteiger partial charge in [0.15, 0.2) is 0 Å². The maximum Gasteiger partial charge on any atom is 0.251 e. The van der Waals surface area contributed by atoms with Crippen LogP contribution in [0.4, 0.5) is 0 Å². The molecule has 2 unspecified atom stereocenters. The van der Waals surface area contributed by atoms with Crippen LogP contribution in [-0.4, -0.2) is 43.9 Å². The fourth-order valence-corrected chi connectivity index (χ4v) is 2.00. The van der Waals surface area contributed by atoms with E-state index in [0.717, 1.165) is 12.3 Å². The van der Waals surface area contributed by atoms with Crippen LogP contribution in [-0.2, 0) is 0 Å². The van der Waals surface area contributed by atoms with Crippen LogP contribution in [0.5, 0.6) is 5.75 Å². The van der Waals surface area contributed by atoms with Crippen LogP contribution in [0, 0.1) is 5.92 Å². The van der Waals surface area contributed by atoms with Crippen LogP contribution in [0.3, 0.4) is 0 Å². The van der Waals surface area contributed by atoms with Crippen LogP contribution in [0.25, 0.3) is 0 Å². The summed E-state index contributed by atoms with van der Waals surface area (Å²) in [5, 5.41) is 15.5. The van der Waals surface area contributed by atoms with Crippen LogP contribution in [0.1, 0.15) is 10.4 Å². The molecule has 5 nitrogen and oxygen atoms in total. The average molecular weight is 250 g/mol. The Hall–Kier alpha value is -1.59. The van der Waals surface area contributed by atoms with E-state index in [2.05, 4.69) is 10.6 Å². The van der Waals surface area contributed by atoms with Gasteiger partial charge in [0.2, 0.25) is 0 Å². The Morgan fingerprint density at radius 2 is 2.17 bits per heavy atom. The van der Waals surface area contributed by atoms with Crippen molar-refractivity contribution in [2.75, 3.05) is 26.7 Å². The Kier molecular flexibility index (Phi) is 4.17. The number of ether oxygens (including phenoxy) is 1. The standard InChI is InChI=1S/C13H18N2O3/c1-18-11-4-2-9(3-5-11)13(17)15-7-10-6-14-8-12(10)16/h2-5,10,12,14,16H,6-8H2,1H3,(H,15,17). The number of aliphatic hydroxyl groups excluding tert-OH is 1. The highest BCUT2D eigenvalue weighted by Crippen LogP contribution is 2.12.